The van der Waals surface area contributed by atoms with Crippen LogP contribution in [-0.4, -0.2) is 29.1 Å². The van der Waals surface area contributed by atoms with Gasteiger partial charge in [0.25, 0.3) is 0 Å². The number of carboxylic acid groups (broad SMARTS) is 1. The first-order valence-corrected chi connectivity index (χ1v) is 5.30. The molecule has 1 aliphatic rings. The summed E-state index contributed by atoms with van der Waals surface area (Å²) in [6.07, 6.45) is 0. The van der Waals surface area contributed by atoms with Crippen molar-refractivity contribution < 1.29 is 9.90 Å². The lowest BCUT2D eigenvalue weighted by molar-refractivity contribution is 0.0691. The van der Waals surface area contributed by atoms with Crippen LogP contribution in [-0.2, 0) is 0 Å². The van der Waals surface area contributed by atoms with Crippen molar-refractivity contribution >= 4 is 22.4 Å². The smallest absolute Gasteiger partial charge is 0.355 e. The van der Waals surface area contributed by atoms with Gasteiger partial charge in [0.2, 0.25) is 0 Å². The molecule has 14 heavy (non-hydrogen) atoms. The van der Waals surface area contributed by atoms with Crippen molar-refractivity contribution in [3.63, 3.8) is 0 Å². The highest BCUT2D eigenvalue weighted by Crippen LogP contribution is 2.34. The van der Waals surface area contributed by atoms with Gasteiger partial charge in [0.1, 0.15) is 0 Å². The van der Waals surface area contributed by atoms with E-state index in [4.69, 9.17) is 5.11 Å². The van der Waals surface area contributed by atoms with Gasteiger partial charge in [-0.15, -0.1) is 11.3 Å². The molecule has 1 fully saturated rings. The van der Waals surface area contributed by atoms with Crippen LogP contribution in [0.25, 0.3) is 0 Å². The van der Waals surface area contributed by atoms with Crippen molar-refractivity contribution in [2.45, 2.75) is 13.8 Å². The second kappa shape index (κ2) is 2.95. The average Bonchev–Trinajstić information content (AvgIpc) is 2.47. The maximum Gasteiger partial charge on any atom is 0.355 e. The molecular weight excluding hydrogens is 200 g/mol. The highest BCUT2D eigenvalue weighted by Gasteiger charge is 2.35. The van der Waals surface area contributed by atoms with Crippen molar-refractivity contribution in [1.29, 1.82) is 0 Å². The molecule has 0 atom stereocenters. The summed E-state index contributed by atoms with van der Waals surface area (Å²) in [5.41, 5.74) is 0.490. The van der Waals surface area contributed by atoms with Crippen LogP contribution in [0, 0.1) is 5.41 Å². The lowest BCUT2D eigenvalue weighted by Gasteiger charge is -2.45. The highest BCUT2D eigenvalue weighted by molar-refractivity contribution is 7.13. The monoisotopic (exact) mass is 212 g/mol. The zero-order valence-electron chi connectivity index (χ0n) is 8.15. The number of carboxylic acids is 1. The van der Waals surface area contributed by atoms with Gasteiger partial charge in [-0.1, -0.05) is 13.8 Å². The molecule has 1 N–H and O–H groups in total. The van der Waals surface area contributed by atoms with Crippen molar-refractivity contribution in [1.82, 2.24) is 4.98 Å². The molecule has 4 nitrogen and oxygen atoms in total. The van der Waals surface area contributed by atoms with Crippen LogP contribution < -0.4 is 4.90 Å². The third-order valence-corrected chi connectivity index (χ3v) is 3.12. The van der Waals surface area contributed by atoms with Gasteiger partial charge in [-0.05, 0) is 5.41 Å². The Morgan fingerprint density at radius 1 is 1.64 bits per heavy atom. The van der Waals surface area contributed by atoms with Crippen LogP contribution >= 0.6 is 11.3 Å². The summed E-state index contributed by atoms with van der Waals surface area (Å²) in [7, 11) is 0. The molecule has 0 saturated carbocycles. The number of hydrogen-bond donors (Lipinski definition) is 1. The lowest BCUT2D eigenvalue weighted by Crippen LogP contribution is -2.53. The van der Waals surface area contributed by atoms with E-state index < -0.39 is 5.97 Å². The Balaban J connectivity index is 2.08. The molecule has 0 amide bonds. The molecule has 5 heteroatoms. The third kappa shape index (κ3) is 1.59. The number of nitrogens with zero attached hydrogens (tertiary/aromatic N) is 2. The first-order valence-electron chi connectivity index (χ1n) is 4.42. The Morgan fingerprint density at radius 3 is 2.71 bits per heavy atom. The van der Waals surface area contributed by atoms with Crippen LogP contribution in [0.5, 0.6) is 0 Å². The van der Waals surface area contributed by atoms with E-state index in [0.29, 0.717) is 5.41 Å². The van der Waals surface area contributed by atoms with Crippen molar-refractivity contribution in [3.05, 3.63) is 11.1 Å². The molecule has 76 valence electrons. The van der Waals surface area contributed by atoms with Gasteiger partial charge in [0.15, 0.2) is 10.8 Å². The van der Waals surface area contributed by atoms with Gasteiger partial charge in [0.05, 0.1) is 0 Å². The van der Waals surface area contributed by atoms with Crippen molar-refractivity contribution in [2.75, 3.05) is 18.0 Å². The number of hydrogen-bond acceptors (Lipinski definition) is 4. The molecular formula is C9H12N2O2S. The van der Waals surface area contributed by atoms with E-state index >= 15 is 0 Å². The van der Waals surface area contributed by atoms with Gasteiger partial charge in [-0.3, -0.25) is 0 Å². The first kappa shape index (κ1) is 9.45. The van der Waals surface area contributed by atoms with E-state index in [1.165, 1.54) is 11.3 Å². The van der Waals surface area contributed by atoms with Crippen LogP contribution in [0.15, 0.2) is 5.38 Å². The predicted octanol–water partition coefficient (Wildman–Crippen LogP) is 1.69. The summed E-state index contributed by atoms with van der Waals surface area (Å²) in [6, 6.07) is 0. The minimum atomic E-state index is -0.952. The molecule has 0 radical (unpaired) electrons. The highest BCUT2D eigenvalue weighted by atomic mass is 32.1. The van der Waals surface area contributed by atoms with Crippen LogP contribution in [0.1, 0.15) is 24.3 Å². The Bertz CT molecular complexity index is 365. The first-order chi connectivity index (χ1) is 6.48. The average molecular weight is 212 g/mol. The fraction of sp³-hybridized carbons (Fsp3) is 0.556. The van der Waals surface area contributed by atoms with Gasteiger partial charge in [-0.25, -0.2) is 9.78 Å². The molecule has 1 aliphatic heterocycles. The van der Waals surface area contributed by atoms with E-state index in [1.807, 2.05) is 0 Å². The third-order valence-electron chi connectivity index (χ3n) is 2.22. The van der Waals surface area contributed by atoms with Gasteiger partial charge < -0.3 is 10.0 Å². The second-order valence-corrected chi connectivity index (χ2v) is 5.18. The largest absolute Gasteiger partial charge is 0.476 e. The molecule has 1 saturated heterocycles. The molecule has 0 spiro atoms. The number of aromatic nitrogens is 1. The summed E-state index contributed by atoms with van der Waals surface area (Å²) in [4.78, 5) is 16.7. The molecule has 0 bridgehead atoms. The lowest BCUT2D eigenvalue weighted by atomic mass is 9.85. The second-order valence-electron chi connectivity index (χ2n) is 4.34. The van der Waals surface area contributed by atoms with Crippen molar-refractivity contribution in [2.24, 2.45) is 5.41 Å². The van der Waals surface area contributed by atoms with Crippen LogP contribution in [0.4, 0.5) is 5.13 Å². The summed E-state index contributed by atoms with van der Waals surface area (Å²) in [6.45, 7) is 6.30. The standard InChI is InChI=1S/C9H12N2O2S/c1-9(2)4-11(5-9)8-10-6(3-14-8)7(12)13/h3H,4-5H2,1-2H3,(H,12,13). The number of thiazole rings is 1. The summed E-state index contributed by atoms with van der Waals surface area (Å²) >= 11 is 1.40. The van der Waals surface area contributed by atoms with Crippen LogP contribution in [0.3, 0.4) is 0 Å². The fourth-order valence-corrected chi connectivity index (χ4v) is 2.43. The minimum Gasteiger partial charge on any atom is -0.476 e. The predicted molar refractivity (Wildman–Crippen MR) is 55.1 cm³/mol. The molecule has 0 aliphatic carbocycles. The maximum atomic E-state index is 10.6. The fourth-order valence-electron chi connectivity index (χ4n) is 1.63. The van der Waals surface area contributed by atoms with E-state index in [1.54, 1.807) is 5.38 Å². The molecule has 2 heterocycles. The Morgan fingerprint density at radius 2 is 2.29 bits per heavy atom. The van der Waals surface area contributed by atoms with E-state index in [2.05, 4.69) is 23.7 Å². The minimum absolute atomic E-state index is 0.148. The normalized spacial score (nSPS) is 19.1. The molecule has 0 unspecified atom stereocenters. The number of aromatic carboxylic acids is 1. The Hall–Kier alpha value is -1.10. The zero-order chi connectivity index (χ0) is 10.3. The van der Waals surface area contributed by atoms with Crippen molar-refractivity contribution in [3.8, 4) is 0 Å². The number of anilines is 1. The molecule has 1 aromatic heterocycles. The summed E-state index contributed by atoms with van der Waals surface area (Å²) in [5, 5.41) is 11.1. The van der Waals surface area contributed by atoms with E-state index in [-0.39, 0.29) is 5.69 Å². The molecule has 0 aromatic carbocycles. The quantitative estimate of drug-likeness (QED) is 0.810. The van der Waals surface area contributed by atoms with E-state index in [0.717, 1.165) is 18.2 Å². The topological polar surface area (TPSA) is 53.4 Å². The SMILES string of the molecule is CC1(C)CN(c2nc(C(=O)O)cs2)C1. The van der Waals surface area contributed by atoms with Gasteiger partial charge >= 0.3 is 5.97 Å². The number of rotatable bonds is 2. The maximum absolute atomic E-state index is 10.6. The van der Waals surface area contributed by atoms with Gasteiger partial charge in [-0.2, -0.15) is 0 Å². The zero-order valence-corrected chi connectivity index (χ0v) is 8.97. The summed E-state index contributed by atoms with van der Waals surface area (Å²) < 4.78 is 0. The Kier molecular flexibility index (Phi) is 1.99. The Labute approximate surface area is 86.2 Å². The number of carbonyl (C=O) groups is 1. The van der Waals surface area contributed by atoms with Crippen LogP contribution in [0.2, 0.25) is 0 Å². The van der Waals surface area contributed by atoms with Gasteiger partial charge in [0, 0.05) is 18.5 Å². The summed E-state index contributed by atoms with van der Waals surface area (Å²) in [5.74, 6) is -0.952. The van der Waals surface area contributed by atoms with E-state index in [9.17, 15) is 4.79 Å². The molecule has 1 aromatic rings. The molecule has 2 rings (SSSR count).